The molecule has 2 rings (SSSR count). The Hall–Kier alpha value is -2.22. The normalized spacial score (nSPS) is 12.1. The number of nitrogens with two attached hydrogens (primary N) is 1. The van der Waals surface area contributed by atoms with Crippen molar-refractivity contribution in [1.82, 2.24) is 0 Å². The van der Waals surface area contributed by atoms with Crippen LogP contribution in [0.3, 0.4) is 0 Å². The van der Waals surface area contributed by atoms with E-state index in [1.165, 1.54) is 24.3 Å². The van der Waals surface area contributed by atoms with E-state index in [4.69, 9.17) is 5.73 Å². The smallest absolute Gasteiger partial charge is 0.399 e. The number of alkyl halides is 3. The van der Waals surface area contributed by atoms with Crippen LogP contribution in [0.25, 0.3) is 0 Å². The van der Waals surface area contributed by atoms with Crippen molar-refractivity contribution >= 4 is 21.4 Å². The number of nitrogens with one attached hydrogen (secondary N) is 1. The van der Waals surface area contributed by atoms with Crippen molar-refractivity contribution in [2.75, 3.05) is 10.5 Å². The Bertz CT molecular complexity index is 741. The molecule has 0 aliphatic heterocycles. The minimum absolute atomic E-state index is 0.210. The minimum atomic E-state index is -4.60. The van der Waals surface area contributed by atoms with Crippen LogP contribution in [-0.4, -0.2) is 8.42 Å². The summed E-state index contributed by atoms with van der Waals surface area (Å²) in [5, 5.41) is 0. The first kappa shape index (κ1) is 15.2. The molecule has 0 aromatic heterocycles. The predicted molar refractivity (Wildman–Crippen MR) is 73.1 cm³/mol. The highest BCUT2D eigenvalue weighted by Crippen LogP contribution is 2.30. The highest BCUT2D eigenvalue weighted by Gasteiger charge is 2.31. The van der Waals surface area contributed by atoms with Gasteiger partial charge in [0.1, 0.15) is 0 Å². The van der Waals surface area contributed by atoms with Gasteiger partial charge in [-0.1, -0.05) is 6.07 Å². The van der Waals surface area contributed by atoms with Gasteiger partial charge in [0.25, 0.3) is 10.0 Å². The number of sulfonamides is 1. The lowest BCUT2D eigenvalue weighted by Crippen LogP contribution is -2.14. The monoisotopic (exact) mass is 316 g/mol. The van der Waals surface area contributed by atoms with E-state index in [1.54, 1.807) is 0 Å². The Morgan fingerprint density at radius 2 is 1.62 bits per heavy atom. The number of rotatable bonds is 3. The maximum Gasteiger partial charge on any atom is 0.416 e. The van der Waals surface area contributed by atoms with E-state index in [-0.39, 0.29) is 5.69 Å². The second-order valence-electron chi connectivity index (χ2n) is 4.25. The van der Waals surface area contributed by atoms with Gasteiger partial charge in [0.05, 0.1) is 10.5 Å². The second kappa shape index (κ2) is 5.28. The summed E-state index contributed by atoms with van der Waals surface area (Å²) in [5.41, 5.74) is 5.09. The molecule has 0 fully saturated rings. The molecule has 0 heterocycles. The number of hydrogen-bond donors (Lipinski definition) is 2. The maximum atomic E-state index is 12.6. The summed E-state index contributed by atoms with van der Waals surface area (Å²) in [5.74, 6) is 0. The summed E-state index contributed by atoms with van der Waals surface area (Å²) in [6.07, 6.45) is -4.60. The van der Waals surface area contributed by atoms with E-state index in [2.05, 4.69) is 4.72 Å². The molecule has 0 aliphatic rings. The summed E-state index contributed by atoms with van der Waals surface area (Å²) in [4.78, 5) is -0.464. The SMILES string of the molecule is Nc1ccc(NS(=O)(=O)c2cccc(C(F)(F)F)c2)cc1. The molecular weight excluding hydrogens is 305 g/mol. The van der Waals surface area contributed by atoms with E-state index < -0.39 is 26.7 Å². The molecule has 2 aromatic carbocycles. The Labute approximate surface area is 119 Å². The van der Waals surface area contributed by atoms with Crippen LogP contribution in [0.2, 0.25) is 0 Å². The molecule has 0 saturated carbocycles. The van der Waals surface area contributed by atoms with Gasteiger partial charge in [-0.2, -0.15) is 13.2 Å². The van der Waals surface area contributed by atoms with Crippen LogP contribution in [-0.2, 0) is 16.2 Å². The lowest BCUT2D eigenvalue weighted by molar-refractivity contribution is -0.137. The van der Waals surface area contributed by atoms with E-state index in [0.717, 1.165) is 18.2 Å². The Morgan fingerprint density at radius 3 is 2.19 bits per heavy atom. The number of benzene rings is 2. The molecule has 0 aliphatic carbocycles. The topological polar surface area (TPSA) is 72.2 Å². The molecule has 0 spiro atoms. The molecule has 0 amide bonds. The first-order valence-electron chi connectivity index (χ1n) is 5.74. The fourth-order valence-corrected chi connectivity index (χ4v) is 2.71. The van der Waals surface area contributed by atoms with Gasteiger partial charge in [-0.3, -0.25) is 4.72 Å². The van der Waals surface area contributed by atoms with Gasteiger partial charge in [-0.15, -0.1) is 0 Å². The fraction of sp³-hybridized carbons (Fsp3) is 0.0769. The van der Waals surface area contributed by atoms with Gasteiger partial charge in [-0.05, 0) is 42.5 Å². The zero-order valence-electron chi connectivity index (χ0n) is 10.6. The molecular formula is C13H11F3N2O2S. The van der Waals surface area contributed by atoms with Crippen molar-refractivity contribution in [3.63, 3.8) is 0 Å². The van der Waals surface area contributed by atoms with Crippen molar-refractivity contribution < 1.29 is 21.6 Å². The Balaban J connectivity index is 2.34. The lowest BCUT2D eigenvalue weighted by atomic mass is 10.2. The van der Waals surface area contributed by atoms with Gasteiger partial charge in [0, 0.05) is 11.4 Å². The molecule has 112 valence electrons. The minimum Gasteiger partial charge on any atom is -0.399 e. The summed E-state index contributed by atoms with van der Waals surface area (Å²) in [6.45, 7) is 0. The van der Waals surface area contributed by atoms with Crippen molar-refractivity contribution in [1.29, 1.82) is 0 Å². The summed E-state index contributed by atoms with van der Waals surface area (Å²) in [6, 6.07) is 9.31. The second-order valence-corrected chi connectivity index (χ2v) is 5.94. The number of anilines is 2. The molecule has 0 atom stereocenters. The summed E-state index contributed by atoms with van der Waals surface area (Å²) < 4.78 is 64.1. The van der Waals surface area contributed by atoms with Crippen LogP contribution in [0.1, 0.15) is 5.56 Å². The van der Waals surface area contributed by atoms with Crippen LogP contribution in [0, 0.1) is 0 Å². The van der Waals surface area contributed by atoms with Gasteiger partial charge in [0.2, 0.25) is 0 Å². The molecule has 2 aromatic rings. The predicted octanol–water partition coefficient (Wildman–Crippen LogP) is 3.09. The van der Waals surface area contributed by atoms with Gasteiger partial charge >= 0.3 is 6.18 Å². The Morgan fingerprint density at radius 1 is 1.00 bits per heavy atom. The average Bonchev–Trinajstić information content (AvgIpc) is 2.40. The summed E-state index contributed by atoms with van der Waals surface area (Å²) >= 11 is 0. The van der Waals surface area contributed by atoms with Crippen LogP contribution >= 0.6 is 0 Å². The first-order chi connectivity index (χ1) is 9.68. The fourth-order valence-electron chi connectivity index (χ4n) is 1.60. The van der Waals surface area contributed by atoms with Crippen molar-refractivity contribution in [2.45, 2.75) is 11.1 Å². The molecule has 0 unspecified atom stereocenters. The molecule has 8 heteroatoms. The van der Waals surface area contributed by atoms with Crippen LogP contribution in [0.5, 0.6) is 0 Å². The van der Waals surface area contributed by atoms with E-state index >= 15 is 0 Å². The number of halogens is 3. The molecule has 0 saturated heterocycles. The third-order valence-corrected chi connectivity index (χ3v) is 4.01. The molecule has 0 radical (unpaired) electrons. The van der Waals surface area contributed by atoms with E-state index in [1.807, 2.05) is 0 Å². The van der Waals surface area contributed by atoms with Crippen molar-refractivity contribution in [3.05, 3.63) is 54.1 Å². The van der Waals surface area contributed by atoms with Crippen molar-refractivity contribution in [3.8, 4) is 0 Å². The van der Waals surface area contributed by atoms with Gasteiger partial charge in [0.15, 0.2) is 0 Å². The molecule has 4 nitrogen and oxygen atoms in total. The zero-order chi connectivity index (χ0) is 15.7. The highest BCUT2D eigenvalue weighted by atomic mass is 32.2. The number of hydrogen-bond acceptors (Lipinski definition) is 3. The van der Waals surface area contributed by atoms with Crippen LogP contribution < -0.4 is 10.5 Å². The summed E-state index contributed by atoms with van der Waals surface area (Å²) in [7, 11) is -4.10. The van der Waals surface area contributed by atoms with Crippen molar-refractivity contribution in [2.24, 2.45) is 0 Å². The van der Waals surface area contributed by atoms with Crippen LogP contribution in [0.4, 0.5) is 24.5 Å². The van der Waals surface area contributed by atoms with E-state index in [0.29, 0.717) is 11.8 Å². The van der Waals surface area contributed by atoms with E-state index in [9.17, 15) is 21.6 Å². The third-order valence-electron chi connectivity index (χ3n) is 2.63. The maximum absolute atomic E-state index is 12.6. The molecule has 0 bridgehead atoms. The molecule has 21 heavy (non-hydrogen) atoms. The largest absolute Gasteiger partial charge is 0.416 e. The van der Waals surface area contributed by atoms with Gasteiger partial charge < -0.3 is 5.73 Å². The standard InChI is InChI=1S/C13H11F3N2O2S/c14-13(15,16)9-2-1-3-12(8-9)21(19,20)18-11-6-4-10(17)5-7-11/h1-8,18H,17H2. The Kier molecular flexibility index (Phi) is 3.82. The van der Waals surface area contributed by atoms with Gasteiger partial charge in [-0.25, -0.2) is 8.42 Å². The first-order valence-corrected chi connectivity index (χ1v) is 7.22. The molecule has 3 N–H and O–H groups in total. The lowest BCUT2D eigenvalue weighted by Gasteiger charge is -2.11. The zero-order valence-corrected chi connectivity index (χ0v) is 11.4. The quantitative estimate of drug-likeness (QED) is 0.855. The number of nitrogen functional groups attached to an aromatic ring is 1. The third kappa shape index (κ3) is 3.66. The highest BCUT2D eigenvalue weighted by molar-refractivity contribution is 7.92. The average molecular weight is 316 g/mol. The van der Waals surface area contributed by atoms with Crippen LogP contribution in [0.15, 0.2) is 53.4 Å².